The molecule has 2 aromatic heterocycles. The van der Waals surface area contributed by atoms with E-state index in [2.05, 4.69) is 31.1 Å². The molecule has 102 valence electrons. The van der Waals surface area contributed by atoms with Gasteiger partial charge in [0.1, 0.15) is 11.6 Å². The molecule has 3 rings (SSSR count). The van der Waals surface area contributed by atoms with Crippen LogP contribution in [0.25, 0.3) is 5.65 Å². The van der Waals surface area contributed by atoms with Crippen molar-refractivity contribution in [1.82, 2.24) is 19.6 Å². The number of halogens is 1. The smallest absolute Gasteiger partial charge is 0.349 e. The van der Waals surface area contributed by atoms with E-state index in [0.717, 1.165) is 10.0 Å². The van der Waals surface area contributed by atoms with E-state index in [1.807, 2.05) is 25.1 Å². The minimum Gasteiger partial charge on any atom is -0.439 e. The molecule has 0 atom stereocenters. The molecular weight excluding hydrogens is 324 g/mol. The molecule has 0 radical (unpaired) electrons. The van der Waals surface area contributed by atoms with Gasteiger partial charge in [-0.25, -0.2) is 14.3 Å². The maximum absolute atomic E-state index is 11.5. The fraction of sp³-hybridized carbons (Fsp3) is 0.154. The van der Waals surface area contributed by atoms with Gasteiger partial charge in [-0.05, 0) is 37.6 Å². The second-order valence-electron chi connectivity index (χ2n) is 4.38. The molecule has 20 heavy (non-hydrogen) atoms. The summed E-state index contributed by atoms with van der Waals surface area (Å²) in [5.74, 6) is 1.63. The Morgan fingerprint density at radius 2 is 2.10 bits per heavy atom. The van der Waals surface area contributed by atoms with E-state index in [-0.39, 0.29) is 5.69 Å². The molecule has 3 aromatic rings. The third kappa shape index (κ3) is 2.20. The highest BCUT2D eigenvalue weighted by Crippen LogP contribution is 2.26. The van der Waals surface area contributed by atoms with Crippen LogP contribution in [0.2, 0.25) is 0 Å². The zero-order chi connectivity index (χ0) is 14.3. The van der Waals surface area contributed by atoms with E-state index < -0.39 is 0 Å². The number of fused-ring (bicyclic) bond motifs is 1. The van der Waals surface area contributed by atoms with Crippen LogP contribution >= 0.6 is 15.9 Å². The third-order valence-electron chi connectivity index (χ3n) is 2.90. The second-order valence-corrected chi connectivity index (χ2v) is 5.29. The number of aryl methyl sites for hydroxylation is 2. The molecule has 0 spiro atoms. The molecule has 1 N–H and O–H groups in total. The average Bonchev–Trinajstić information content (AvgIpc) is 2.75. The number of benzene rings is 1. The van der Waals surface area contributed by atoms with E-state index in [0.29, 0.717) is 23.1 Å². The summed E-state index contributed by atoms with van der Waals surface area (Å²) in [6.45, 7) is 3.68. The van der Waals surface area contributed by atoms with Gasteiger partial charge in [0.25, 0.3) is 0 Å². The first-order valence-corrected chi connectivity index (χ1v) is 6.72. The first-order chi connectivity index (χ1) is 9.54. The largest absolute Gasteiger partial charge is 0.439 e. The van der Waals surface area contributed by atoms with Crippen LogP contribution in [0.3, 0.4) is 0 Å². The van der Waals surface area contributed by atoms with Crippen molar-refractivity contribution in [2.75, 3.05) is 0 Å². The quantitative estimate of drug-likeness (QED) is 0.781. The Morgan fingerprint density at radius 3 is 2.85 bits per heavy atom. The van der Waals surface area contributed by atoms with Gasteiger partial charge in [0, 0.05) is 10.5 Å². The van der Waals surface area contributed by atoms with Crippen molar-refractivity contribution in [2.45, 2.75) is 13.8 Å². The molecule has 7 heteroatoms. The van der Waals surface area contributed by atoms with Crippen molar-refractivity contribution in [2.24, 2.45) is 0 Å². The van der Waals surface area contributed by atoms with E-state index in [9.17, 15) is 4.79 Å². The second kappa shape index (κ2) is 4.75. The maximum atomic E-state index is 11.5. The van der Waals surface area contributed by atoms with E-state index >= 15 is 0 Å². The standard InChI is InChI=1S/C13H11BrN4O2/c1-7-5-9(14)3-4-10(7)20-12-6-11-16-17-13(19)18(11)8(2)15-12/h3-6H,1-2H3,(H,17,19). The predicted molar refractivity (Wildman–Crippen MR) is 77.3 cm³/mol. The van der Waals surface area contributed by atoms with Gasteiger partial charge in [0.2, 0.25) is 5.88 Å². The molecule has 0 saturated carbocycles. The Labute approximate surface area is 122 Å². The van der Waals surface area contributed by atoms with E-state index in [1.165, 1.54) is 4.40 Å². The molecule has 0 fully saturated rings. The third-order valence-corrected chi connectivity index (χ3v) is 3.39. The lowest BCUT2D eigenvalue weighted by molar-refractivity contribution is 0.456. The molecule has 2 heterocycles. The average molecular weight is 335 g/mol. The van der Waals surface area contributed by atoms with E-state index in [1.54, 1.807) is 13.0 Å². The van der Waals surface area contributed by atoms with Gasteiger partial charge >= 0.3 is 5.69 Å². The number of hydrogen-bond donors (Lipinski definition) is 1. The number of aromatic amines is 1. The van der Waals surface area contributed by atoms with Crippen LogP contribution in [0.4, 0.5) is 0 Å². The fourth-order valence-electron chi connectivity index (χ4n) is 1.96. The highest BCUT2D eigenvalue weighted by molar-refractivity contribution is 9.10. The number of aromatic nitrogens is 4. The molecular formula is C13H11BrN4O2. The molecule has 0 aliphatic carbocycles. The maximum Gasteiger partial charge on any atom is 0.349 e. The molecule has 0 bridgehead atoms. The summed E-state index contributed by atoms with van der Waals surface area (Å²) in [5, 5.41) is 6.30. The van der Waals surface area contributed by atoms with Gasteiger partial charge in [-0.2, -0.15) is 10.1 Å². The zero-order valence-corrected chi connectivity index (χ0v) is 12.4. The minimum absolute atomic E-state index is 0.309. The first-order valence-electron chi connectivity index (χ1n) is 5.93. The summed E-state index contributed by atoms with van der Waals surface area (Å²) >= 11 is 3.41. The van der Waals surface area contributed by atoms with Crippen LogP contribution in [0, 0.1) is 13.8 Å². The highest BCUT2D eigenvalue weighted by atomic mass is 79.9. The number of rotatable bonds is 2. The van der Waals surface area contributed by atoms with Gasteiger partial charge < -0.3 is 4.74 Å². The molecule has 0 aliphatic rings. The molecule has 0 aliphatic heterocycles. The summed E-state index contributed by atoms with van der Waals surface area (Å²) in [5.41, 5.74) is 1.15. The Bertz CT molecular complexity index is 853. The molecule has 6 nitrogen and oxygen atoms in total. The Balaban J connectivity index is 2.04. The summed E-state index contributed by atoms with van der Waals surface area (Å²) in [6.07, 6.45) is 0. The lowest BCUT2D eigenvalue weighted by Gasteiger charge is -2.09. The van der Waals surface area contributed by atoms with Crippen molar-refractivity contribution in [3.8, 4) is 11.6 Å². The summed E-state index contributed by atoms with van der Waals surface area (Å²) < 4.78 is 8.14. The minimum atomic E-state index is -0.309. The van der Waals surface area contributed by atoms with Crippen LogP contribution in [0.1, 0.15) is 11.4 Å². The Hall–Kier alpha value is -2.15. The molecule has 0 saturated heterocycles. The summed E-state index contributed by atoms with van der Waals surface area (Å²) in [6, 6.07) is 7.33. The SMILES string of the molecule is Cc1cc(Br)ccc1Oc1cc2n[nH]c(=O)n2c(C)n1. The van der Waals surface area contributed by atoms with Crippen LogP contribution in [-0.2, 0) is 0 Å². The monoisotopic (exact) mass is 334 g/mol. The zero-order valence-electron chi connectivity index (χ0n) is 10.8. The summed E-state index contributed by atoms with van der Waals surface area (Å²) in [7, 11) is 0. The number of H-pyrrole nitrogens is 1. The Kier molecular flexibility index (Phi) is 3.06. The number of ether oxygens (including phenoxy) is 1. The van der Waals surface area contributed by atoms with Crippen LogP contribution in [-0.4, -0.2) is 19.6 Å². The molecule has 0 amide bonds. The number of nitrogens with one attached hydrogen (secondary N) is 1. The molecule has 0 unspecified atom stereocenters. The lowest BCUT2D eigenvalue weighted by atomic mass is 10.2. The van der Waals surface area contributed by atoms with Crippen molar-refractivity contribution in [3.05, 3.63) is 50.6 Å². The van der Waals surface area contributed by atoms with Crippen molar-refractivity contribution in [1.29, 1.82) is 0 Å². The van der Waals surface area contributed by atoms with Crippen LogP contribution < -0.4 is 10.4 Å². The Morgan fingerprint density at radius 1 is 1.30 bits per heavy atom. The normalized spacial score (nSPS) is 10.9. The topological polar surface area (TPSA) is 72.3 Å². The first kappa shape index (κ1) is 12.9. The van der Waals surface area contributed by atoms with Crippen molar-refractivity contribution in [3.63, 3.8) is 0 Å². The van der Waals surface area contributed by atoms with Gasteiger partial charge in [-0.1, -0.05) is 15.9 Å². The highest BCUT2D eigenvalue weighted by Gasteiger charge is 2.09. The van der Waals surface area contributed by atoms with Gasteiger partial charge in [-0.15, -0.1) is 0 Å². The van der Waals surface area contributed by atoms with Crippen LogP contribution in [0.15, 0.2) is 33.5 Å². The molecule has 1 aromatic carbocycles. The van der Waals surface area contributed by atoms with Crippen molar-refractivity contribution < 1.29 is 4.74 Å². The van der Waals surface area contributed by atoms with Gasteiger partial charge in [0.15, 0.2) is 5.65 Å². The van der Waals surface area contributed by atoms with E-state index in [4.69, 9.17) is 4.74 Å². The summed E-state index contributed by atoms with van der Waals surface area (Å²) in [4.78, 5) is 15.8. The van der Waals surface area contributed by atoms with Gasteiger partial charge in [0.05, 0.1) is 0 Å². The fourth-order valence-corrected chi connectivity index (χ4v) is 2.44. The lowest BCUT2D eigenvalue weighted by Crippen LogP contribution is -2.13. The number of hydrogen-bond acceptors (Lipinski definition) is 4. The van der Waals surface area contributed by atoms with Gasteiger partial charge in [-0.3, -0.25) is 0 Å². The predicted octanol–water partition coefficient (Wildman–Crippen LogP) is 2.59. The van der Waals surface area contributed by atoms with Crippen molar-refractivity contribution >= 4 is 21.6 Å². The number of nitrogens with zero attached hydrogens (tertiary/aromatic N) is 3. The van der Waals surface area contributed by atoms with Crippen LogP contribution in [0.5, 0.6) is 11.6 Å².